The van der Waals surface area contributed by atoms with Crippen LogP contribution in [0.4, 0.5) is 14.5 Å². The average Bonchev–Trinajstić information content (AvgIpc) is 2.99. The SMILES string of the molecule is Nc1c(F)ccc(S(=O)(=O)N2CC3CCC(O)C3C2)c1F. The Morgan fingerprint density at radius 1 is 1.24 bits per heavy atom. The van der Waals surface area contributed by atoms with Crippen molar-refractivity contribution in [3.63, 3.8) is 0 Å². The number of nitrogens with two attached hydrogens (primary N) is 1. The average molecular weight is 318 g/mol. The van der Waals surface area contributed by atoms with Gasteiger partial charge in [0.2, 0.25) is 10.0 Å². The molecule has 5 nitrogen and oxygen atoms in total. The number of anilines is 1. The van der Waals surface area contributed by atoms with Crippen molar-refractivity contribution in [1.82, 2.24) is 4.31 Å². The van der Waals surface area contributed by atoms with E-state index >= 15 is 0 Å². The zero-order valence-electron chi connectivity index (χ0n) is 11.2. The molecule has 3 rings (SSSR count). The van der Waals surface area contributed by atoms with E-state index in [9.17, 15) is 22.3 Å². The van der Waals surface area contributed by atoms with Crippen LogP contribution in [-0.4, -0.2) is 37.0 Å². The molecule has 1 saturated heterocycles. The van der Waals surface area contributed by atoms with Gasteiger partial charge in [0.15, 0.2) is 5.82 Å². The van der Waals surface area contributed by atoms with Gasteiger partial charge in [0.25, 0.3) is 0 Å². The quantitative estimate of drug-likeness (QED) is 0.795. The summed E-state index contributed by atoms with van der Waals surface area (Å²) in [4.78, 5) is -0.615. The highest BCUT2D eigenvalue weighted by Crippen LogP contribution is 2.40. The van der Waals surface area contributed by atoms with Gasteiger partial charge >= 0.3 is 0 Å². The number of sulfonamides is 1. The smallest absolute Gasteiger partial charge is 0.246 e. The molecule has 2 aliphatic rings. The minimum absolute atomic E-state index is 0.0932. The van der Waals surface area contributed by atoms with Crippen LogP contribution in [0.5, 0.6) is 0 Å². The van der Waals surface area contributed by atoms with Crippen molar-refractivity contribution in [2.75, 3.05) is 18.8 Å². The summed E-state index contributed by atoms with van der Waals surface area (Å²) in [5.41, 5.74) is 4.42. The Hall–Kier alpha value is -1.25. The normalized spacial score (nSPS) is 29.8. The first kappa shape index (κ1) is 14.7. The van der Waals surface area contributed by atoms with Crippen molar-refractivity contribution in [3.05, 3.63) is 23.8 Å². The Morgan fingerprint density at radius 2 is 1.95 bits per heavy atom. The number of halogens is 2. The molecule has 1 aliphatic heterocycles. The molecule has 0 radical (unpaired) electrons. The number of aliphatic hydroxyl groups excluding tert-OH is 1. The third-order valence-electron chi connectivity index (χ3n) is 4.49. The number of fused-ring (bicyclic) bond motifs is 1. The van der Waals surface area contributed by atoms with Gasteiger partial charge in [-0.2, -0.15) is 4.31 Å². The van der Waals surface area contributed by atoms with Gasteiger partial charge in [-0.15, -0.1) is 0 Å². The summed E-state index contributed by atoms with van der Waals surface area (Å²) in [5.74, 6) is -2.26. The number of nitrogens with zero attached hydrogens (tertiary/aromatic N) is 1. The van der Waals surface area contributed by atoms with E-state index in [0.717, 1.165) is 22.9 Å². The highest BCUT2D eigenvalue weighted by Gasteiger charge is 2.46. The molecule has 0 amide bonds. The maximum absolute atomic E-state index is 14.0. The van der Waals surface area contributed by atoms with E-state index in [1.165, 1.54) is 0 Å². The largest absolute Gasteiger partial charge is 0.394 e. The van der Waals surface area contributed by atoms with Crippen molar-refractivity contribution < 1.29 is 22.3 Å². The lowest BCUT2D eigenvalue weighted by atomic mass is 10.00. The number of hydrogen-bond donors (Lipinski definition) is 2. The van der Waals surface area contributed by atoms with Gasteiger partial charge in [-0.25, -0.2) is 17.2 Å². The molecule has 3 unspecified atom stereocenters. The molecule has 2 fully saturated rings. The van der Waals surface area contributed by atoms with Gasteiger partial charge in [0, 0.05) is 19.0 Å². The molecule has 3 N–H and O–H groups in total. The van der Waals surface area contributed by atoms with Crippen LogP contribution in [0.25, 0.3) is 0 Å². The Balaban J connectivity index is 1.94. The van der Waals surface area contributed by atoms with Gasteiger partial charge in [-0.1, -0.05) is 0 Å². The number of aliphatic hydroxyl groups is 1. The van der Waals surface area contributed by atoms with E-state index < -0.39 is 38.3 Å². The number of nitrogen functional groups attached to an aromatic ring is 1. The Morgan fingerprint density at radius 3 is 2.62 bits per heavy atom. The minimum Gasteiger partial charge on any atom is -0.394 e. The lowest BCUT2D eigenvalue weighted by Gasteiger charge is -2.19. The van der Waals surface area contributed by atoms with Gasteiger partial charge < -0.3 is 10.8 Å². The zero-order valence-corrected chi connectivity index (χ0v) is 12.0. The van der Waals surface area contributed by atoms with E-state index in [1.54, 1.807) is 0 Å². The van der Waals surface area contributed by atoms with Crippen LogP contribution in [0.1, 0.15) is 12.8 Å². The van der Waals surface area contributed by atoms with Gasteiger partial charge in [-0.3, -0.25) is 0 Å². The molecule has 1 aliphatic carbocycles. The maximum Gasteiger partial charge on any atom is 0.246 e. The van der Waals surface area contributed by atoms with Crippen molar-refractivity contribution in [2.45, 2.75) is 23.8 Å². The van der Waals surface area contributed by atoms with Crippen molar-refractivity contribution >= 4 is 15.7 Å². The summed E-state index contributed by atoms with van der Waals surface area (Å²) in [7, 11) is -4.07. The fraction of sp³-hybridized carbons (Fsp3) is 0.538. The van der Waals surface area contributed by atoms with Gasteiger partial charge in [0.05, 0.1) is 6.10 Å². The summed E-state index contributed by atoms with van der Waals surface area (Å²) in [6, 6.07) is 1.73. The van der Waals surface area contributed by atoms with Crippen molar-refractivity contribution in [3.8, 4) is 0 Å². The topological polar surface area (TPSA) is 83.6 Å². The fourth-order valence-electron chi connectivity index (χ4n) is 3.28. The highest BCUT2D eigenvalue weighted by atomic mass is 32.2. The third kappa shape index (κ3) is 2.21. The predicted molar refractivity (Wildman–Crippen MR) is 71.8 cm³/mol. The van der Waals surface area contributed by atoms with Crippen LogP contribution in [0.15, 0.2) is 17.0 Å². The van der Waals surface area contributed by atoms with E-state index in [-0.39, 0.29) is 24.9 Å². The van der Waals surface area contributed by atoms with Gasteiger partial charge in [-0.05, 0) is 30.9 Å². The summed E-state index contributed by atoms with van der Waals surface area (Å²) in [6.45, 7) is 0.408. The molecule has 116 valence electrons. The van der Waals surface area contributed by atoms with Crippen LogP contribution < -0.4 is 5.73 Å². The molecule has 0 spiro atoms. The summed E-state index contributed by atoms with van der Waals surface area (Å²) in [6.07, 6.45) is 0.908. The molecular weight excluding hydrogens is 302 g/mol. The second kappa shape index (κ2) is 4.89. The van der Waals surface area contributed by atoms with Crippen LogP contribution in [-0.2, 0) is 10.0 Å². The molecule has 8 heteroatoms. The second-order valence-corrected chi connectivity index (χ2v) is 7.57. The van der Waals surface area contributed by atoms with Crippen LogP contribution >= 0.6 is 0 Å². The number of hydrogen-bond acceptors (Lipinski definition) is 4. The van der Waals surface area contributed by atoms with Crippen LogP contribution in [0.2, 0.25) is 0 Å². The van der Waals surface area contributed by atoms with Crippen molar-refractivity contribution in [1.29, 1.82) is 0 Å². The van der Waals surface area contributed by atoms with Gasteiger partial charge in [0.1, 0.15) is 16.4 Å². The molecule has 21 heavy (non-hydrogen) atoms. The summed E-state index contributed by atoms with van der Waals surface area (Å²) >= 11 is 0. The van der Waals surface area contributed by atoms with E-state index in [0.29, 0.717) is 6.42 Å². The predicted octanol–water partition coefficient (Wildman–Crippen LogP) is 0.938. The molecule has 0 bridgehead atoms. The monoisotopic (exact) mass is 318 g/mol. The summed E-state index contributed by atoms with van der Waals surface area (Å²) < 4.78 is 53.2. The fourth-order valence-corrected chi connectivity index (χ4v) is 4.89. The van der Waals surface area contributed by atoms with Crippen molar-refractivity contribution in [2.24, 2.45) is 11.8 Å². The Labute approximate surface area is 121 Å². The standard InChI is InChI=1S/C13H16F2N2O3S/c14-9-2-4-11(12(15)13(9)16)21(19,20)17-5-7-1-3-10(18)8(7)6-17/h2,4,7-8,10,18H,1,3,5-6,16H2. The highest BCUT2D eigenvalue weighted by molar-refractivity contribution is 7.89. The molecule has 1 saturated carbocycles. The molecule has 3 atom stereocenters. The Bertz CT molecular complexity index is 680. The van der Waals surface area contributed by atoms with E-state index in [2.05, 4.69) is 0 Å². The lowest BCUT2D eigenvalue weighted by Crippen LogP contribution is -2.32. The second-order valence-electron chi connectivity index (χ2n) is 5.66. The van der Waals surface area contributed by atoms with Crippen LogP contribution in [0, 0.1) is 23.5 Å². The molecule has 1 aromatic rings. The zero-order chi connectivity index (χ0) is 15.4. The first-order chi connectivity index (χ1) is 9.82. The third-order valence-corrected chi connectivity index (χ3v) is 6.34. The molecule has 1 heterocycles. The number of rotatable bonds is 2. The molecular formula is C13H16F2N2O3S. The van der Waals surface area contributed by atoms with E-state index in [4.69, 9.17) is 5.73 Å². The minimum atomic E-state index is -4.07. The molecule has 0 aromatic heterocycles. The van der Waals surface area contributed by atoms with Crippen LogP contribution in [0.3, 0.4) is 0 Å². The first-order valence-electron chi connectivity index (χ1n) is 6.74. The Kier molecular flexibility index (Phi) is 3.42. The first-order valence-corrected chi connectivity index (χ1v) is 8.18. The number of benzene rings is 1. The lowest BCUT2D eigenvalue weighted by molar-refractivity contribution is 0.129. The maximum atomic E-state index is 14.0. The van der Waals surface area contributed by atoms with E-state index in [1.807, 2.05) is 0 Å². The summed E-state index contributed by atoms with van der Waals surface area (Å²) in [5, 5.41) is 9.82. The molecule has 1 aromatic carbocycles.